The van der Waals surface area contributed by atoms with Gasteiger partial charge < -0.3 is 15.4 Å². The van der Waals surface area contributed by atoms with Gasteiger partial charge in [0.15, 0.2) is 0 Å². The Bertz CT molecular complexity index is 503. The van der Waals surface area contributed by atoms with Crippen LogP contribution < -0.4 is 11.3 Å². The molecule has 1 fully saturated rings. The molecule has 0 aromatic carbocycles. The number of nitrogens with zero attached hydrogens (tertiary/aromatic N) is 2. The van der Waals surface area contributed by atoms with Crippen LogP contribution in [-0.2, 0) is 11.3 Å². The SMILES string of the molecule is Cc1cn(CC2(C(=O)O)CC2)c(N)nc1=O. The summed E-state index contributed by atoms with van der Waals surface area (Å²) in [6.07, 6.45) is 2.85. The molecule has 1 aliphatic carbocycles. The fourth-order valence-electron chi connectivity index (χ4n) is 1.65. The highest BCUT2D eigenvalue weighted by Gasteiger charge is 2.50. The Balaban J connectivity index is 2.32. The van der Waals surface area contributed by atoms with Gasteiger partial charge in [0.25, 0.3) is 5.56 Å². The summed E-state index contributed by atoms with van der Waals surface area (Å²) in [5.41, 5.74) is 4.97. The number of hydrogen-bond acceptors (Lipinski definition) is 4. The standard InChI is InChI=1S/C10H13N3O3/c1-6-4-13(9(11)12-7(6)14)5-10(2-3-10)8(15)16/h4H,2-3,5H2,1H3,(H,15,16)(H2,11,12,14). The number of aromatic nitrogens is 2. The van der Waals surface area contributed by atoms with Crippen molar-refractivity contribution in [2.75, 3.05) is 5.73 Å². The molecular weight excluding hydrogens is 210 g/mol. The molecule has 16 heavy (non-hydrogen) atoms. The Morgan fingerprint density at radius 2 is 2.31 bits per heavy atom. The highest BCUT2D eigenvalue weighted by Crippen LogP contribution is 2.47. The third kappa shape index (κ3) is 1.66. The second-order valence-electron chi connectivity index (χ2n) is 4.30. The van der Waals surface area contributed by atoms with Gasteiger partial charge in [0.2, 0.25) is 5.95 Å². The van der Waals surface area contributed by atoms with E-state index in [1.807, 2.05) is 0 Å². The van der Waals surface area contributed by atoms with E-state index in [4.69, 9.17) is 10.8 Å². The first-order valence-electron chi connectivity index (χ1n) is 5.02. The molecule has 1 saturated carbocycles. The van der Waals surface area contributed by atoms with Crippen molar-refractivity contribution >= 4 is 11.9 Å². The lowest BCUT2D eigenvalue weighted by Gasteiger charge is -2.14. The molecule has 0 radical (unpaired) electrons. The van der Waals surface area contributed by atoms with Gasteiger partial charge >= 0.3 is 5.97 Å². The number of carbonyl (C=O) groups is 1. The van der Waals surface area contributed by atoms with Crippen LogP contribution >= 0.6 is 0 Å². The van der Waals surface area contributed by atoms with E-state index in [0.29, 0.717) is 18.4 Å². The first-order chi connectivity index (χ1) is 7.44. The topological polar surface area (TPSA) is 98.2 Å². The van der Waals surface area contributed by atoms with E-state index in [1.54, 1.807) is 13.1 Å². The molecule has 1 aliphatic rings. The molecule has 0 atom stereocenters. The molecule has 2 rings (SSSR count). The zero-order valence-corrected chi connectivity index (χ0v) is 8.93. The minimum Gasteiger partial charge on any atom is -0.481 e. The number of carboxylic acid groups (broad SMARTS) is 1. The van der Waals surface area contributed by atoms with Crippen LogP contribution in [0.15, 0.2) is 11.0 Å². The molecule has 86 valence electrons. The predicted octanol–water partition coefficient (Wildman–Crippen LogP) is -0.00128. The highest BCUT2D eigenvalue weighted by atomic mass is 16.4. The summed E-state index contributed by atoms with van der Waals surface area (Å²) >= 11 is 0. The zero-order chi connectivity index (χ0) is 11.9. The molecule has 1 heterocycles. The van der Waals surface area contributed by atoms with Gasteiger partial charge in [-0.3, -0.25) is 9.59 Å². The molecular formula is C10H13N3O3. The first-order valence-corrected chi connectivity index (χ1v) is 5.02. The number of nitrogen functional groups attached to an aromatic ring is 1. The number of anilines is 1. The van der Waals surface area contributed by atoms with Crippen LogP contribution in [0.2, 0.25) is 0 Å². The van der Waals surface area contributed by atoms with Crippen LogP contribution in [-0.4, -0.2) is 20.6 Å². The summed E-state index contributed by atoms with van der Waals surface area (Å²) in [7, 11) is 0. The number of nitrogens with two attached hydrogens (primary N) is 1. The van der Waals surface area contributed by atoms with Gasteiger partial charge in [-0.1, -0.05) is 0 Å². The third-order valence-corrected chi connectivity index (χ3v) is 2.98. The zero-order valence-electron chi connectivity index (χ0n) is 8.93. The second kappa shape index (κ2) is 3.33. The fraction of sp³-hybridized carbons (Fsp3) is 0.500. The Morgan fingerprint density at radius 3 is 2.81 bits per heavy atom. The quantitative estimate of drug-likeness (QED) is 0.751. The van der Waals surface area contributed by atoms with E-state index < -0.39 is 11.4 Å². The Hall–Kier alpha value is -1.85. The van der Waals surface area contributed by atoms with Gasteiger partial charge in [0, 0.05) is 18.3 Å². The maximum Gasteiger partial charge on any atom is 0.311 e. The molecule has 1 aromatic heterocycles. The number of aliphatic carboxylic acids is 1. The van der Waals surface area contributed by atoms with Crippen LogP contribution in [0, 0.1) is 12.3 Å². The minimum atomic E-state index is -0.816. The van der Waals surface area contributed by atoms with Crippen LogP contribution in [0.3, 0.4) is 0 Å². The Labute approximate surface area is 91.7 Å². The van der Waals surface area contributed by atoms with Gasteiger partial charge in [-0.15, -0.1) is 0 Å². The van der Waals surface area contributed by atoms with Gasteiger partial charge in [0.1, 0.15) is 0 Å². The van der Waals surface area contributed by atoms with Gasteiger partial charge in [0.05, 0.1) is 5.41 Å². The number of aryl methyl sites for hydroxylation is 1. The van der Waals surface area contributed by atoms with E-state index in [1.165, 1.54) is 4.57 Å². The monoisotopic (exact) mass is 223 g/mol. The molecule has 0 bridgehead atoms. The molecule has 0 unspecified atom stereocenters. The highest BCUT2D eigenvalue weighted by molar-refractivity contribution is 5.77. The fourth-order valence-corrected chi connectivity index (χ4v) is 1.65. The third-order valence-electron chi connectivity index (χ3n) is 2.98. The average Bonchev–Trinajstić information content (AvgIpc) is 2.95. The summed E-state index contributed by atoms with van der Waals surface area (Å²) in [6.45, 7) is 1.91. The number of hydrogen-bond donors (Lipinski definition) is 2. The molecule has 6 nitrogen and oxygen atoms in total. The summed E-state index contributed by atoms with van der Waals surface area (Å²) in [4.78, 5) is 25.8. The maximum atomic E-state index is 11.2. The van der Waals surface area contributed by atoms with E-state index in [-0.39, 0.29) is 18.1 Å². The Kier molecular flexibility index (Phi) is 2.22. The van der Waals surface area contributed by atoms with Crippen LogP contribution in [0.4, 0.5) is 5.95 Å². The van der Waals surface area contributed by atoms with Crippen molar-refractivity contribution in [3.63, 3.8) is 0 Å². The summed E-state index contributed by atoms with van der Waals surface area (Å²) in [6, 6.07) is 0. The molecule has 0 aliphatic heterocycles. The predicted molar refractivity (Wildman–Crippen MR) is 56.9 cm³/mol. The van der Waals surface area contributed by atoms with Gasteiger partial charge in [-0.05, 0) is 19.8 Å². The number of rotatable bonds is 3. The van der Waals surface area contributed by atoms with Crippen molar-refractivity contribution in [1.29, 1.82) is 0 Å². The van der Waals surface area contributed by atoms with Crippen molar-refractivity contribution in [2.45, 2.75) is 26.3 Å². The minimum absolute atomic E-state index is 0.0723. The van der Waals surface area contributed by atoms with E-state index >= 15 is 0 Å². The number of carboxylic acids is 1. The van der Waals surface area contributed by atoms with Crippen LogP contribution in [0.5, 0.6) is 0 Å². The smallest absolute Gasteiger partial charge is 0.311 e. The van der Waals surface area contributed by atoms with Gasteiger partial charge in [-0.25, -0.2) is 0 Å². The van der Waals surface area contributed by atoms with Gasteiger partial charge in [-0.2, -0.15) is 4.98 Å². The van der Waals surface area contributed by atoms with Crippen molar-refractivity contribution in [1.82, 2.24) is 9.55 Å². The molecule has 6 heteroatoms. The summed E-state index contributed by atoms with van der Waals surface area (Å²) in [5, 5.41) is 9.04. The van der Waals surface area contributed by atoms with Crippen molar-refractivity contribution in [2.24, 2.45) is 5.41 Å². The lowest BCUT2D eigenvalue weighted by molar-refractivity contribution is -0.143. The van der Waals surface area contributed by atoms with Crippen LogP contribution in [0.25, 0.3) is 0 Å². The largest absolute Gasteiger partial charge is 0.481 e. The Morgan fingerprint density at radius 1 is 1.69 bits per heavy atom. The lowest BCUT2D eigenvalue weighted by atomic mass is 10.1. The molecule has 0 amide bonds. The van der Waals surface area contributed by atoms with Crippen molar-refractivity contribution < 1.29 is 9.90 Å². The lowest BCUT2D eigenvalue weighted by Crippen LogP contribution is -2.26. The van der Waals surface area contributed by atoms with E-state index in [9.17, 15) is 9.59 Å². The normalized spacial score (nSPS) is 17.1. The molecule has 0 spiro atoms. The summed E-state index contributed by atoms with van der Waals surface area (Å²) < 4.78 is 1.54. The summed E-state index contributed by atoms with van der Waals surface area (Å²) in [5.74, 6) is -0.744. The van der Waals surface area contributed by atoms with Crippen LogP contribution in [0.1, 0.15) is 18.4 Å². The first kappa shape index (κ1) is 10.7. The molecule has 0 saturated heterocycles. The second-order valence-corrected chi connectivity index (χ2v) is 4.30. The average molecular weight is 223 g/mol. The molecule has 1 aromatic rings. The van der Waals surface area contributed by atoms with E-state index in [0.717, 1.165) is 0 Å². The van der Waals surface area contributed by atoms with Crippen molar-refractivity contribution in [3.05, 3.63) is 22.1 Å². The van der Waals surface area contributed by atoms with E-state index in [2.05, 4.69) is 4.98 Å². The maximum absolute atomic E-state index is 11.2. The van der Waals surface area contributed by atoms with Crippen molar-refractivity contribution in [3.8, 4) is 0 Å². The molecule has 3 N–H and O–H groups in total.